The molecular weight excluding hydrogens is 414 g/mol. The quantitative estimate of drug-likeness (QED) is 0.676. The van der Waals surface area contributed by atoms with E-state index in [1.54, 1.807) is 18.7 Å². The molecule has 0 spiro atoms. The number of ether oxygens (including phenoxy) is 1. The van der Waals surface area contributed by atoms with Crippen LogP contribution in [0.1, 0.15) is 29.2 Å². The van der Waals surface area contributed by atoms with Gasteiger partial charge in [-0.1, -0.05) is 35.1 Å². The highest BCUT2D eigenvalue weighted by Crippen LogP contribution is 2.40. The fourth-order valence-corrected chi connectivity index (χ4v) is 4.97. The molecule has 1 unspecified atom stereocenters. The summed E-state index contributed by atoms with van der Waals surface area (Å²) in [5.41, 5.74) is 0.971. The molecule has 2 aromatic heterocycles. The molecule has 8 nitrogen and oxygen atoms in total. The lowest BCUT2D eigenvalue weighted by Gasteiger charge is -2.38. The van der Waals surface area contributed by atoms with E-state index in [4.69, 9.17) is 16.3 Å². The van der Waals surface area contributed by atoms with E-state index < -0.39 is 0 Å². The van der Waals surface area contributed by atoms with E-state index in [-0.39, 0.29) is 18.0 Å². The van der Waals surface area contributed by atoms with Crippen LogP contribution in [-0.4, -0.2) is 68.4 Å². The lowest BCUT2D eigenvalue weighted by atomic mass is 10.0. The molecule has 29 heavy (non-hydrogen) atoms. The number of aromatic nitrogens is 3. The fraction of sp³-hybridized carbons (Fsp3) is 0.421. The summed E-state index contributed by atoms with van der Waals surface area (Å²) in [7, 11) is 0. The van der Waals surface area contributed by atoms with Gasteiger partial charge in [-0.05, 0) is 31.5 Å². The number of hydrogen-bond donors (Lipinski definition) is 1. The van der Waals surface area contributed by atoms with Crippen molar-refractivity contribution in [2.24, 2.45) is 0 Å². The Morgan fingerprint density at radius 1 is 1.34 bits per heavy atom. The summed E-state index contributed by atoms with van der Waals surface area (Å²) in [5, 5.41) is 15.8. The molecule has 3 heterocycles. The predicted octanol–water partition coefficient (Wildman–Crippen LogP) is 3.32. The van der Waals surface area contributed by atoms with Crippen molar-refractivity contribution >= 4 is 34.0 Å². The molecule has 1 fully saturated rings. The Hall–Kier alpha value is -2.36. The normalized spacial score (nSPS) is 16.3. The number of carbonyl (C=O) groups excluding carboxylic acids is 1. The first-order valence-electron chi connectivity index (χ1n) is 9.44. The molecule has 0 radical (unpaired) electrons. The summed E-state index contributed by atoms with van der Waals surface area (Å²) in [6.45, 7) is 6.34. The van der Waals surface area contributed by atoms with Gasteiger partial charge in [0, 0.05) is 31.2 Å². The summed E-state index contributed by atoms with van der Waals surface area (Å²) in [5.74, 6) is 0.698. The highest BCUT2D eigenvalue weighted by Gasteiger charge is 2.33. The molecule has 0 aliphatic carbocycles. The highest BCUT2D eigenvalue weighted by atomic mass is 35.5. The second-order valence-corrected chi connectivity index (χ2v) is 8.27. The summed E-state index contributed by atoms with van der Waals surface area (Å²) in [4.78, 5) is 21.8. The zero-order valence-electron chi connectivity index (χ0n) is 16.2. The number of piperazine rings is 1. The van der Waals surface area contributed by atoms with Crippen molar-refractivity contribution in [3.63, 3.8) is 0 Å². The van der Waals surface area contributed by atoms with Crippen molar-refractivity contribution in [1.82, 2.24) is 24.4 Å². The number of aryl methyl sites for hydroxylation is 1. The molecule has 1 N–H and O–H groups in total. The van der Waals surface area contributed by atoms with Crippen LogP contribution in [0.25, 0.3) is 4.96 Å². The van der Waals surface area contributed by atoms with E-state index in [0.29, 0.717) is 48.6 Å². The van der Waals surface area contributed by atoms with Gasteiger partial charge in [-0.25, -0.2) is 9.78 Å². The molecule has 1 aromatic carbocycles. The van der Waals surface area contributed by atoms with E-state index in [0.717, 1.165) is 10.4 Å². The van der Waals surface area contributed by atoms with Gasteiger partial charge in [-0.2, -0.15) is 4.52 Å². The Bertz CT molecular complexity index is 1030. The Balaban J connectivity index is 1.67. The third-order valence-corrected chi connectivity index (χ3v) is 6.23. The number of thiazole rings is 1. The molecule has 1 amide bonds. The van der Waals surface area contributed by atoms with Crippen LogP contribution in [-0.2, 0) is 4.74 Å². The van der Waals surface area contributed by atoms with Crippen molar-refractivity contribution in [2.45, 2.75) is 19.9 Å². The summed E-state index contributed by atoms with van der Waals surface area (Å²) >= 11 is 7.67. The van der Waals surface area contributed by atoms with E-state index >= 15 is 0 Å². The minimum atomic E-state index is -0.288. The van der Waals surface area contributed by atoms with Gasteiger partial charge in [0.1, 0.15) is 5.82 Å². The van der Waals surface area contributed by atoms with E-state index in [9.17, 15) is 9.90 Å². The summed E-state index contributed by atoms with van der Waals surface area (Å²) in [6.07, 6.45) is -0.288. The minimum absolute atomic E-state index is 0.0865. The van der Waals surface area contributed by atoms with Gasteiger partial charge in [0.15, 0.2) is 0 Å². The molecule has 3 aromatic rings. The number of amides is 1. The van der Waals surface area contributed by atoms with Gasteiger partial charge in [0.05, 0.1) is 17.5 Å². The number of carbonyl (C=O) groups is 1. The topological polar surface area (TPSA) is 83.2 Å². The number of fused-ring (bicyclic) bond motifs is 1. The van der Waals surface area contributed by atoms with Crippen LogP contribution in [0.4, 0.5) is 4.79 Å². The number of halogens is 1. The van der Waals surface area contributed by atoms with Crippen LogP contribution in [0.5, 0.6) is 5.88 Å². The van der Waals surface area contributed by atoms with Gasteiger partial charge in [0.2, 0.25) is 10.8 Å². The van der Waals surface area contributed by atoms with Crippen molar-refractivity contribution < 1.29 is 14.6 Å². The second-order valence-electron chi connectivity index (χ2n) is 6.82. The van der Waals surface area contributed by atoms with Crippen molar-refractivity contribution in [2.75, 3.05) is 32.8 Å². The Labute approximate surface area is 177 Å². The second kappa shape index (κ2) is 8.17. The van der Waals surface area contributed by atoms with Crippen molar-refractivity contribution in [3.8, 4) is 5.88 Å². The predicted molar refractivity (Wildman–Crippen MR) is 111 cm³/mol. The molecule has 1 saturated heterocycles. The molecular formula is C19H22ClN5O3S. The Kier molecular flexibility index (Phi) is 5.62. The first-order valence-corrected chi connectivity index (χ1v) is 10.6. The largest absolute Gasteiger partial charge is 0.492 e. The minimum Gasteiger partial charge on any atom is -0.492 e. The van der Waals surface area contributed by atoms with E-state index in [1.807, 2.05) is 24.3 Å². The van der Waals surface area contributed by atoms with E-state index in [1.165, 1.54) is 15.9 Å². The smallest absolute Gasteiger partial charge is 0.409 e. The lowest BCUT2D eigenvalue weighted by molar-refractivity contribution is 0.0715. The molecule has 1 aliphatic rings. The standard InChI is InChI=1S/C19H22ClN5O3S/c1-3-28-19(27)24-9-7-23(8-10-24)15(13-5-4-6-14(20)11-13)16-17(26)25-18(29-16)21-12(2)22-25/h4-6,11,15,26H,3,7-10H2,1-2H3. The molecule has 10 heteroatoms. The maximum absolute atomic E-state index is 12.0. The molecule has 0 saturated carbocycles. The zero-order valence-corrected chi connectivity index (χ0v) is 17.8. The van der Waals surface area contributed by atoms with Crippen LogP contribution in [0, 0.1) is 6.92 Å². The Morgan fingerprint density at radius 3 is 2.76 bits per heavy atom. The number of benzene rings is 1. The van der Waals surface area contributed by atoms with Crippen LogP contribution < -0.4 is 0 Å². The summed E-state index contributed by atoms with van der Waals surface area (Å²) < 4.78 is 6.59. The van der Waals surface area contributed by atoms with Crippen molar-refractivity contribution in [1.29, 1.82) is 0 Å². The monoisotopic (exact) mass is 435 g/mol. The van der Waals surface area contributed by atoms with Crippen LogP contribution in [0.3, 0.4) is 0 Å². The Morgan fingerprint density at radius 2 is 2.10 bits per heavy atom. The molecule has 1 atom stereocenters. The number of aromatic hydroxyl groups is 1. The molecule has 154 valence electrons. The lowest BCUT2D eigenvalue weighted by Crippen LogP contribution is -2.49. The molecule has 4 rings (SSSR count). The van der Waals surface area contributed by atoms with E-state index in [2.05, 4.69) is 15.0 Å². The van der Waals surface area contributed by atoms with Crippen LogP contribution in [0.2, 0.25) is 5.02 Å². The molecule has 1 aliphatic heterocycles. The molecule has 0 bridgehead atoms. The van der Waals surface area contributed by atoms with Crippen LogP contribution in [0.15, 0.2) is 24.3 Å². The van der Waals surface area contributed by atoms with Gasteiger partial charge >= 0.3 is 6.09 Å². The zero-order chi connectivity index (χ0) is 20.5. The highest BCUT2D eigenvalue weighted by molar-refractivity contribution is 7.17. The number of rotatable bonds is 4. The average Bonchev–Trinajstić information content (AvgIpc) is 3.20. The van der Waals surface area contributed by atoms with Gasteiger partial charge < -0.3 is 14.7 Å². The third-order valence-electron chi connectivity index (χ3n) is 4.92. The van der Waals surface area contributed by atoms with Gasteiger partial charge in [0.25, 0.3) is 0 Å². The van der Waals surface area contributed by atoms with Gasteiger partial charge in [-0.3, -0.25) is 4.90 Å². The third kappa shape index (κ3) is 3.90. The maximum atomic E-state index is 12.0. The first kappa shape index (κ1) is 19.9. The summed E-state index contributed by atoms with van der Waals surface area (Å²) in [6, 6.07) is 7.41. The van der Waals surface area contributed by atoms with Crippen LogP contribution >= 0.6 is 22.9 Å². The maximum Gasteiger partial charge on any atom is 0.409 e. The van der Waals surface area contributed by atoms with Gasteiger partial charge in [-0.15, -0.1) is 5.10 Å². The SMILES string of the molecule is CCOC(=O)N1CCN(C(c2cccc(Cl)c2)c2sc3nc(C)nn3c2O)CC1. The first-order chi connectivity index (χ1) is 14.0. The number of hydrogen-bond acceptors (Lipinski definition) is 7. The fourth-order valence-electron chi connectivity index (χ4n) is 3.61. The van der Waals surface area contributed by atoms with Crippen molar-refractivity contribution in [3.05, 3.63) is 45.6 Å². The number of nitrogens with zero attached hydrogens (tertiary/aromatic N) is 5. The average molecular weight is 436 g/mol.